The number of carbonyl (C=O) groups is 1. The van der Waals surface area contributed by atoms with Gasteiger partial charge in [0.2, 0.25) is 0 Å². The molecule has 98 valence electrons. The molecule has 1 rings (SSSR count). The standard InChI is InChI=1S/C14H20N2O2/c1-4-11(3)10-15-14(17)16-12-6-8-13(9-7-12)18-5-2/h6-10H,4-5H2,1-3H3,(H2,15,16,17)/b11-10+. The van der Waals surface area contributed by atoms with Crippen LogP contribution in [0.2, 0.25) is 0 Å². The third-order valence-electron chi connectivity index (χ3n) is 2.43. The van der Waals surface area contributed by atoms with Crippen molar-refractivity contribution in [3.05, 3.63) is 36.0 Å². The van der Waals surface area contributed by atoms with Crippen LogP contribution in [0.4, 0.5) is 10.5 Å². The van der Waals surface area contributed by atoms with Crippen molar-refractivity contribution in [2.75, 3.05) is 11.9 Å². The minimum atomic E-state index is -0.244. The number of carbonyl (C=O) groups excluding carboxylic acids is 1. The van der Waals surface area contributed by atoms with E-state index in [1.807, 2.05) is 32.9 Å². The van der Waals surface area contributed by atoms with Gasteiger partial charge in [-0.2, -0.15) is 0 Å². The molecule has 0 heterocycles. The quantitative estimate of drug-likeness (QED) is 0.837. The lowest BCUT2D eigenvalue weighted by Gasteiger charge is -2.07. The van der Waals surface area contributed by atoms with Gasteiger partial charge in [-0.05, 0) is 44.5 Å². The average molecular weight is 248 g/mol. The molecule has 0 radical (unpaired) electrons. The van der Waals surface area contributed by atoms with E-state index in [1.54, 1.807) is 18.3 Å². The molecule has 2 N–H and O–H groups in total. The highest BCUT2D eigenvalue weighted by Crippen LogP contribution is 2.15. The first-order valence-corrected chi connectivity index (χ1v) is 6.11. The summed E-state index contributed by atoms with van der Waals surface area (Å²) < 4.78 is 5.32. The summed E-state index contributed by atoms with van der Waals surface area (Å²) in [6, 6.07) is 7.02. The Morgan fingerprint density at radius 3 is 2.50 bits per heavy atom. The molecule has 18 heavy (non-hydrogen) atoms. The Hall–Kier alpha value is -1.97. The predicted molar refractivity (Wildman–Crippen MR) is 73.8 cm³/mol. The Bertz CT molecular complexity index is 410. The number of ether oxygens (including phenoxy) is 1. The first-order chi connectivity index (χ1) is 8.65. The van der Waals surface area contributed by atoms with Gasteiger partial charge in [0.05, 0.1) is 6.61 Å². The van der Waals surface area contributed by atoms with E-state index in [9.17, 15) is 4.79 Å². The third kappa shape index (κ3) is 4.91. The van der Waals surface area contributed by atoms with E-state index < -0.39 is 0 Å². The molecule has 0 fully saturated rings. The molecule has 4 nitrogen and oxygen atoms in total. The number of anilines is 1. The Labute approximate surface area is 108 Å². The summed E-state index contributed by atoms with van der Waals surface area (Å²) in [6.45, 7) is 6.57. The van der Waals surface area contributed by atoms with Crippen LogP contribution in [0.1, 0.15) is 27.2 Å². The molecule has 1 aromatic rings. The molecule has 0 aromatic heterocycles. The van der Waals surface area contributed by atoms with Gasteiger partial charge in [-0.25, -0.2) is 4.79 Å². The van der Waals surface area contributed by atoms with Crippen LogP contribution in [-0.2, 0) is 0 Å². The van der Waals surface area contributed by atoms with Gasteiger partial charge in [-0.3, -0.25) is 0 Å². The largest absolute Gasteiger partial charge is 0.494 e. The van der Waals surface area contributed by atoms with Gasteiger partial charge in [-0.1, -0.05) is 12.5 Å². The highest BCUT2D eigenvalue weighted by atomic mass is 16.5. The molecule has 0 aliphatic carbocycles. The van der Waals surface area contributed by atoms with E-state index >= 15 is 0 Å². The summed E-state index contributed by atoms with van der Waals surface area (Å²) in [5.74, 6) is 0.796. The van der Waals surface area contributed by atoms with Crippen molar-refractivity contribution in [2.45, 2.75) is 27.2 Å². The van der Waals surface area contributed by atoms with Gasteiger partial charge in [0.25, 0.3) is 0 Å². The van der Waals surface area contributed by atoms with Crippen LogP contribution in [0.3, 0.4) is 0 Å². The van der Waals surface area contributed by atoms with Crippen LogP contribution in [-0.4, -0.2) is 12.6 Å². The molecule has 0 unspecified atom stereocenters. The van der Waals surface area contributed by atoms with Crippen LogP contribution < -0.4 is 15.4 Å². The zero-order valence-corrected chi connectivity index (χ0v) is 11.1. The first-order valence-electron chi connectivity index (χ1n) is 6.11. The molecular weight excluding hydrogens is 228 g/mol. The number of urea groups is 1. The summed E-state index contributed by atoms with van der Waals surface area (Å²) in [6.07, 6.45) is 2.63. The van der Waals surface area contributed by atoms with Gasteiger partial charge in [0.1, 0.15) is 5.75 Å². The van der Waals surface area contributed by atoms with E-state index in [2.05, 4.69) is 10.6 Å². The molecule has 4 heteroatoms. The summed E-state index contributed by atoms with van der Waals surface area (Å²) in [7, 11) is 0. The minimum absolute atomic E-state index is 0.244. The average Bonchev–Trinajstić information content (AvgIpc) is 2.38. The van der Waals surface area contributed by atoms with Crippen molar-refractivity contribution in [1.29, 1.82) is 0 Å². The second-order valence-corrected chi connectivity index (χ2v) is 3.90. The zero-order chi connectivity index (χ0) is 13.4. The summed E-state index contributed by atoms with van der Waals surface area (Å²) in [5.41, 5.74) is 1.86. The lowest BCUT2D eigenvalue weighted by molar-refractivity contribution is 0.255. The van der Waals surface area contributed by atoms with Crippen LogP contribution in [0, 0.1) is 0 Å². The smallest absolute Gasteiger partial charge is 0.323 e. The Morgan fingerprint density at radius 1 is 1.28 bits per heavy atom. The minimum Gasteiger partial charge on any atom is -0.494 e. The molecule has 1 aromatic carbocycles. The highest BCUT2D eigenvalue weighted by molar-refractivity contribution is 5.89. The van der Waals surface area contributed by atoms with Gasteiger partial charge >= 0.3 is 6.03 Å². The van der Waals surface area contributed by atoms with Gasteiger partial charge in [0, 0.05) is 11.9 Å². The number of benzene rings is 1. The van der Waals surface area contributed by atoms with E-state index in [4.69, 9.17) is 4.74 Å². The predicted octanol–water partition coefficient (Wildman–Crippen LogP) is 3.52. The van der Waals surface area contributed by atoms with Crippen molar-refractivity contribution in [3.8, 4) is 5.75 Å². The van der Waals surface area contributed by atoms with E-state index in [0.29, 0.717) is 6.61 Å². The summed E-state index contributed by atoms with van der Waals surface area (Å²) >= 11 is 0. The second kappa shape index (κ2) is 7.37. The summed E-state index contributed by atoms with van der Waals surface area (Å²) in [5, 5.41) is 5.42. The fourth-order valence-electron chi connectivity index (χ4n) is 1.26. The molecule has 0 saturated heterocycles. The zero-order valence-electron chi connectivity index (χ0n) is 11.1. The molecule has 2 amide bonds. The van der Waals surface area contributed by atoms with Gasteiger partial charge in [0.15, 0.2) is 0 Å². The number of hydrogen-bond acceptors (Lipinski definition) is 2. The Morgan fingerprint density at radius 2 is 1.94 bits per heavy atom. The van der Waals surface area contributed by atoms with Crippen LogP contribution in [0.25, 0.3) is 0 Å². The van der Waals surface area contributed by atoms with Crippen molar-refractivity contribution in [2.24, 2.45) is 0 Å². The SMILES string of the molecule is CCOc1ccc(NC(=O)N/C=C(\C)CC)cc1. The maximum Gasteiger partial charge on any atom is 0.323 e. The molecule has 0 aliphatic rings. The van der Waals surface area contributed by atoms with Crippen molar-refractivity contribution >= 4 is 11.7 Å². The maximum absolute atomic E-state index is 11.5. The molecule has 0 aliphatic heterocycles. The van der Waals surface area contributed by atoms with Crippen molar-refractivity contribution in [3.63, 3.8) is 0 Å². The van der Waals surface area contributed by atoms with E-state index in [0.717, 1.165) is 23.4 Å². The number of hydrogen-bond donors (Lipinski definition) is 2. The van der Waals surface area contributed by atoms with E-state index in [-0.39, 0.29) is 6.03 Å². The van der Waals surface area contributed by atoms with Crippen LogP contribution >= 0.6 is 0 Å². The lowest BCUT2D eigenvalue weighted by atomic mass is 10.3. The molecule has 0 spiro atoms. The fourth-order valence-corrected chi connectivity index (χ4v) is 1.26. The van der Waals surface area contributed by atoms with Crippen molar-refractivity contribution in [1.82, 2.24) is 5.32 Å². The Balaban J connectivity index is 2.49. The number of allylic oxidation sites excluding steroid dienone is 1. The van der Waals surface area contributed by atoms with Crippen LogP contribution in [0.15, 0.2) is 36.0 Å². The maximum atomic E-state index is 11.5. The normalized spacial score (nSPS) is 10.9. The number of amides is 2. The van der Waals surface area contributed by atoms with Gasteiger partial charge in [-0.15, -0.1) is 0 Å². The monoisotopic (exact) mass is 248 g/mol. The number of rotatable bonds is 5. The first kappa shape index (κ1) is 14.1. The highest BCUT2D eigenvalue weighted by Gasteiger charge is 2.00. The van der Waals surface area contributed by atoms with Crippen molar-refractivity contribution < 1.29 is 9.53 Å². The molecule has 0 atom stereocenters. The van der Waals surface area contributed by atoms with Crippen LogP contribution in [0.5, 0.6) is 5.75 Å². The third-order valence-corrected chi connectivity index (χ3v) is 2.43. The molecule has 0 bridgehead atoms. The topological polar surface area (TPSA) is 50.4 Å². The second-order valence-electron chi connectivity index (χ2n) is 3.90. The fraction of sp³-hybridized carbons (Fsp3) is 0.357. The molecular formula is C14H20N2O2. The lowest BCUT2D eigenvalue weighted by Crippen LogP contribution is -2.24. The van der Waals surface area contributed by atoms with Gasteiger partial charge < -0.3 is 15.4 Å². The number of nitrogens with one attached hydrogen (secondary N) is 2. The summed E-state index contributed by atoms with van der Waals surface area (Å²) in [4.78, 5) is 11.5. The Kier molecular flexibility index (Phi) is 5.77. The van der Waals surface area contributed by atoms with E-state index in [1.165, 1.54) is 0 Å². The molecule has 0 saturated carbocycles.